The number of nitrogens with zero attached hydrogens (tertiary/aromatic N) is 9. The average molecular weight is 766 g/mol. The lowest BCUT2D eigenvalue weighted by atomic mass is 9.72. The van der Waals surface area contributed by atoms with E-state index in [4.69, 9.17) is 4.74 Å². The Morgan fingerprint density at radius 3 is 2.46 bits per heavy atom. The van der Waals surface area contributed by atoms with Crippen LogP contribution in [0.1, 0.15) is 63.7 Å². The van der Waals surface area contributed by atoms with Crippen molar-refractivity contribution in [3.05, 3.63) is 54.3 Å². The monoisotopic (exact) mass is 765 g/mol. The predicted molar refractivity (Wildman–Crippen MR) is 213 cm³/mol. The topological polar surface area (TPSA) is 91.8 Å². The summed E-state index contributed by atoms with van der Waals surface area (Å²) in [4.78, 5) is 45.8. The number of carbonyl (C=O) groups excluding carboxylic acids is 2. The molecule has 0 bridgehead atoms. The Morgan fingerprint density at radius 2 is 1.74 bits per heavy atom. The van der Waals surface area contributed by atoms with Gasteiger partial charge in [0.05, 0.1) is 11.8 Å². The van der Waals surface area contributed by atoms with E-state index < -0.39 is 5.82 Å². The van der Waals surface area contributed by atoms with Gasteiger partial charge in [-0.25, -0.2) is 23.0 Å². The van der Waals surface area contributed by atoms with Gasteiger partial charge >= 0.3 is 0 Å². The number of ether oxygens (including phenoxy) is 1. The number of halogens is 1. The number of rotatable bonds is 13. The highest BCUT2D eigenvalue weighted by Crippen LogP contribution is 2.43. The van der Waals surface area contributed by atoms with Crippen molar-refractivity contribution in [2.45, 2.75) is 65.5 Å². The highest BCUT2D eigenvalue weighted by molar-refractivity contribution is 7.94. The first-order chi connectivity index (χ1) is 25.9. The van der Waals surface area contributed by atoms with Gasteiger partial charge in [-0.05, 0) is 97.0 Å². The molecule has 1 atom stereocenters. The molecular weight excluding hydrogens is 706 g/mol. The van der Waals surface area contributed by atoms with Gasteiger partial charge in [-0.1, -0.05) is 6.08 Å². The zero-order chi connectivity index (χ0) is 38.4. The molecule has 0 aliphatic carbocycles. The van der Waals surface area contributed by atoms with Crippen LogP contribution in [0.2, 0.25) is 0 Å². The number of hydrogen-bond acceptors (Lipinski definition) is 11. The number of aromatic nitrogens is 2. The van der Waals surface area contributed by atoms with Gasteiger partial charge < -0.3 is 29.2 Å². The quantitative estimate of drug-likeness (QED) is 0.202. The second-order valence-electron chi connectivity index (χ2n) is 16.4. The first-order valence-electron chi connectivity index (χ1n) is 19.8. The molecule has 4 aliphatic rings. The Bertz CT molecular complexity index is 1600. The molecule has 1 aromatic heterocycles. The standard InChI is InChI=1S/C40H60FN9O3S/c1-30(2)50(31(3)4)39(52)34-23-33(41)10-11-35(34)53-36-24-42-29-43-38(36)47-18-12-32(26-47)25-45-27-40(28-45)13-19-49(20-14-40)54-48-17-8-16-46(21-22-48)37(51)9-7-15-44(5)6/h7,9-11,23-24,29-32H,8,12-22,25-28H2,1-6H3/b9-7+. The van der Waals surface area contributed by atoms with Crippen molar-refractivity contribution < 1.29 is 18.7 Å². The maximum atomic E-state index is 14.4. The van der Waals surface area contributed by atoms with E-state index in [1.807, 2.05) is 64.9 Å². The van der Waals surface area contributed by atoms with Crippen molar-refractivity contribution in [3.8, 4) is 11.5 Å². The molecule has 296 valence electrons. The SMILES string of the molecule is CC(C)N(C(=O)c1cc(F)ccc1Oc1cncnc1N1CCC(CN2CC3(CCN(SN4CCCN(C(=O)/C=C/CN(C)C)CC4)CC3)C2)C1)C(C)C. The van der Waals surface area contributed by atoms with Gasteiger partial charge in [-0.2, -0.15) is 0 Å². The van der Waals surface area contributed by atoms with Crippen LogP contribution in [0.15, 0.2) is 42.9 Å². The van der Waals surface area contributed by atoms with Crippen LogP contribution < -0.4 is 9.64 Å². The van der Waals surface area contributed by atoms with Crippen LogP contribution in [-0.4, -0.2) is 155 Å². The summed E-state index contributed by atoms with van der Waals surface area (Å²) in [5.41, 5.74) is 0.614. The summed E-state index contributed by atoms with van der Waals surface area (Å²) < 4.78 is 25.8. The molecule has 2 amide bonds. The minimum Gasteiger partial charge on any atom is -0.451 e. The van der Waals surface area contributed by atoms with Crippen LogP contribution >= 0.6 is 12.1 Å². The van der Waals surface area contributed by atoms with Crippen LogP contribution in [0.4, 0.5) is 10.2 Å². The van der Waals surface area contributed by atoms with E-state index >= 15 is 0 Å². The second-order valence-corrected chi connectivity index (χ2v) is 17.6. The molecule has 0 radical (unpaired) electrons. The molecule has 0 saturated carbocycles. The predicted octanol–water partition coefficient (Wildman–Crippen LogP) is 5.11. The lowest BCUT2D eigenvalue weighted by Gasteiger charge is -2.54. The summed E-state index contributed by atoms with van der Waals surface area (Å²) in [5.74, 6) is 1.35. The number of piperidine rings is 1. The molecular formula is C40H60FN9O3S. The van der Waals surface area contributed by atoms with E-state index in [9.17, 15) is 14.0 Å². The third-order valence-electron chi connectivity index (χ3n) is 11.1. The Kier molecular flexibility index (Phi) is 13.5. The number of hydrogen-bond donors (Lipinski definition) is 0. The summed E-state index contributed by atoms with van der Waals surface area (Å²) in [6, 6.07) is 3.99. The van der Waals surface area contributed by atoms with Crippen LogP contribution in [0.25, 0.3) is 0 Å². The zero-order valence-corrected chi connectivity index (χ0v) is 33.9. The average Bonchev–Trinajstić information content (AvgIpc) is 3.45. The molecule has 54 heavy (non-hydrogen) atoms. The third kappa shape index (κ3) is 10.1. The maximum absolute atomic E-state index is 14.4. The van der Waals surface area contributed by atoms with Gasteiger partial charge in [0.25, 0.3) is 5.91 Å². The lowest BCUT2D eigenvalue weighted by Crippen LogP contribution is -2.60. The van der Waals surface area contributed by atoms with Gasteiger partial charge in [-0.3, -0.25) is 9.59 Å². The number of anilines is 1. The molecule has 12 nitrogen and oxygen atoms in total. The molecule has 1 unspecified atom stereocenters. The molecule has 4 saturated heterocycles. The smallest absolute Gasteiger partial charge is 0.258 e. The summed E-state index contributed by atoms with van der Waals surface area (Å²) >= 11 is 1.89. The van der Waals surface area contributed by atoms with Gasteiger partial charge in [0.1, 0.15) is 17.9 Å². The van der Waals surface area contributed by atoms with Gasteiger partial charge in [-0.15, -0.1) is 0 Å². The molecule has 4 fully saturated rings. The Hall–Kier alpha value is -3.30. The minimum absolute atomic E-state index is 0.0542. The van der Waals surface area contributed by atoms with Crippen molar-refractivity contribution in [1.29, 1.82) is 0 Å². The fourth-order valence-corrected chi connectivity index (χ4v) is 9.51. The normalized spacial score (nSPS) is 21.4. The third-order valence-corrected chi connectivity index (χ3v) is 12.3. The Labute approximate surface area is 325 Å². The molecule has 6 rings (SSSR count). The number of likely N-dealkylation sites (N-methyl/N-ethyl adjacent to an activating group) is 1. The van der Waals surface area contributed by atoms with Crippen LogP contribution in [0, 0.1) is 17.2 Å². The fraction of sp³-hybridized carbons (Fsp3) is 0.650. The molecule has 4 aliphatic heterocycles. The van der Waals surface area contributed by atoms with Crippen LogP contribution in [0.5, 0.6) is 11.5 Å². The highest BCUT2D eigenvalue weighted by Gasteiger charge is 2.46. The number of amides is 2. The largest absolute Gasteiger partial charge is 0.451 e. The Balaban J connectivity index is 0.959. The van der Waals surface area contributed by atoms with E-state index in [1.165, 1.54) is 37.4 Å². The minimum atomic E-state index is -0.485. The number of benzene rings is 1. The van der Waals surface area contributed by atoms with E-state index in [0.717, 1.165) is 91.4 Å². The van der Waals surface area contributed by atoms with E-state index in [2.05, 4.69) is 33.3 Å². The van der Waals surface area contributed by atoms with Gasteiger partial charge in [0.2, 0.25) is 5.91 Å². The molecule has 14 heteroatoms. The second kappa shape index (κ2) is 18.1. The van der Waals surface area contributed by atoms with Crippen molar-refractivity contribution >= 4 is 29.8 Å². The fourth-order valence-electron chi connectivity index (χ4n) is 8.46. The molecule has 1 aromatic carbocycles. The lowest BCUT2D eigenvalue weighted by molar-refractivity contribution is -0.125. The number of likely N-dealkylation sites (tertiary alicyclic amines) is 1. The van der Waals surface area contributed by atoms with Crippen molar-refractivity contribution in [2.75, 3.05) is 97.5 Å². The van der Waals surface area contributed by atoms with Gasteiger partial charge in [0.15, 0.2) is 11.6 Å². The highest BCUT2D eigenvalue weighted by atomic mass is 32.2. The molecule has 1 spiro atoms. The summed E-state index contributed by atoms with van der Waals surface area (Å²) in [6.07, 6.45) is 11.4. The van der Waals surface area contributed by atoms with Crippen molar-refractivity contribution in [2.24, 2.45) is 11.3 Å². The molecule has 2 aromatic rings. The van der Waals surface area contributed by atoms with E-state index in [-0.39, 0.29) is 29.5 Å². The van der Waals surface area contributed by atoms with E-state index in [0.29, 0.717) is 28.6 Å². The Morgan fingerprint density at radius 1 is 1.00 bits per heavy atom. The van der Waals surface area contributed by atoms with Crippen molar-refractivity contribution in [3.63, 3.8) is 0 Å². The van der Waals surface area contributed by atoms with Crippen molar-refractivity contribution in [1.82, 2.24) is 38.2 Å². The maximum Gasteiger partial charge on any atom is 0.258 e. The molecule has 0 N–H and O–H groups in total. The summed E-state index contributed by atoms with van der Waals surface area (Å²) in [5, 5.41) is 0. The van der Waals surface area contributed by atoms with Crippen LogP contribution in [-0.2, 0) is 4.79 Å². The summed E-state index contributed by atoms with van der Waals surface area (Å²) in [6.45, 7) is 19.5. The first kappa shape index (κ1) is 40.4. The summed E-state index contributed by atoms with van der Waals surface area (Å²) in [7, 11) is 4.02. The molecule has 5 heterocycles. The van der Waals surface area contributed by atoms with Gasteiger partial charge in [0, 0.05) is 109 Å². The van der Waals surface area contributed by atoms with Crippen LogP contribution in [0.3, 0.4) is 0 Å². The first-order valence-corrected chi connectivity index (χ1v) is 20.5. The van der Waals surface area contributed by atoms with E-state index in [1.54, 1.807) is 17.2 Å². The number of carbonyl (C=O) groups is 2. The zero-order valence-electron chi connectivity index (χ0n) is 33.1.